The number of piperazine rings is 1. The second-order valence-electron chi connectivity index (χ2n) is 6.32. The molecule has 1 saturated heterocycles. The van der Waals surface area contributed by atoms with Gasteiger partial charge in [0.1, 0.15) is 0 Å². The number of aromatic nitrogens is 1. The summed E-state index contributed by atoms with van der Waals surface area (Å²) in [6.45, 7) is 9.62. The van der Waals surface area contributed by atoms with Crippen LogP contribution in [0.1, 0.15) is 18.1 Å². The van der Waals surface area contributed by atoms with Crippen LogP contribution in [-0.4, -0.2) is 48.0 Å². The summed E-state index contributed by atoms with van der Waals surface area (Å²) in [5.41, 5.74) is 3.16. The molecule has 1 aromatic heterocycles. The van der Waals surface area contributed by atoms with Crippen molar-refractivity contribution < 1.29 is 4.79 Å². The van der Waals surface area contributed by atoms with Crippen LogP contribution < -0.4 is 10.2 Å². The highest BCUT2D eigenvalue weighted by Crippen LogP contribution is 2.21. The van der Waals surface area contributed by atoms with E-state index in [1.54, 1.807) is 11.3 Å². The van der Waals surface area contributed by atoms with Crippen LogP contribution in [0.4, 0.5) is 10.8 Å². The molecule has 0 aliphatic carbocycles. The van der Waals surface area contributed by atoms with Gasteiger partial charge in [-0.1, -0.05) is 12.1 Å². The lowest BCUT2D eigenvalue weighted by Crippen LogP contribution is -2.52. The summed E-state index contributed by atoms with van der Waals surface area (Å²) in [5, 5.41) is 6.16. The molecule has 1 N–H and O–H groups in total. The van der Waals surface area contributed by atoms with Crippen LogP contribution in [-0.2, 0) is 4.79 Å². The van der Waals surface area contributed by atoms with Crippen molar-refractivity contribution in [1.29, 1.82) is 0 Å². The van der Waals surface area contributed by atoms with Crippen molar-refractivity contribution in [3.05, 3.63) is 40.9 Å². The van der Waals surface area contributed by atoms with Gasteiger partial charge in [0.15, 0.2) is 5.13 Å². The molecule has 1 aliphatic heterocycles. The van der Waals surface area contributed by atoms with Gasteiger partial charge in [-0.2, -0.15) is 0 Å². The fraction of sp³-hybridized carbons (Fsp3) is 0.444. The lowest BCUT2D eigenvalue weighted by atomic mass is 10.1. The molecule has 1 aromatic carbocycles. The van der Waals surface area contributed by atoms with E-state index in [1.165, 1.54) is 0 Å². The first kappa shape index (κ1) is 16.9. The molecule has 1 fully saturated rings. The largest absolute Gasteiger partial charge is 0.346 e. The number of benzene rings is 1. The third-order valence-electron chi connectivity index (χ3n) is 4.58. The summed E-state index contributed by atoms with van der Waals surface area (Å²) >= 11 is 1.67. The van der Waals surface area contributed by atoms with Crippen molar-refractivity contribution in [3.8, 4) is 0 Å². The van der Waals surface area contributed by atoms with Gasteiger partial charge in [-0.3, -0.25) is 9.69 Å². The van der Waals surface area contributed by atoms with Crippen molar-refractivity contribution in [1.82, 2.24) is 9.88 Å². The Morgan fingerprint density at radius 3 is 2.67 bits per heavy atom. The zero-order chi connectivity index (χ0) is 17.1. The van der Waals surface area contributed by atoms with Gasteiger partial charge in [0.2, 0.25) is 5.91 Å². The number of hydrogen-bond acceptors (Lipinski definition) is 5. The maximum Gasteiger partial charge on any atom is 0.241 e. The molecule has 0 bridgehead atoms. The van der Waals surface area contributed by atoms with Gasteiger partial charge < -0.3 is 10.2 Å². The number of amides is 1. The average Bonchev–Trinajstić information content (AvgIpc) is 3.12. The van der Waals surface area contributed by atoms with E-state index in [-0.39, 0.29) is 11.9 Å². The normalized spacial score (nSPS) is 16.9. The van der Waals surface area contributed by atoms with Crippen molar-refractivity contribution in [2.45, 2.75) is 26.8 Å². The Kier molecular flexibility index (Phi) is 5.16. The minimum Gasteiger partial charge on any atom is -0.346 e. The maximum absolute atomic E-state index is 12.6. The SMILES string of the molecule is Cc1ccc(C)c(NC(=O)[C@@H](C)N2CCN(c3nccs3)CC2)c1. The molecule has 2 heterocycles. The Bertz CT molecular complexity index is 693. The number of rotatable bonds is 4. The number of anilines is 2. The van der Waals surface area contributed by atoms with Crippen LogP contribution >= 0.6 is 11.3 Å². The third-order valence-corrected chi connectivity index (χ3v) is 5.41. The molecular formula is C18H24N4OS. The predicted octanol–water partition coefficient (Wildman–Crippen LogP) is 2.91. The molecule has 1 atom stereocenters. The van der Waals surface area contributed by atoms with Gasteiger partial charge in [0.05, 0.1) is 6.04 Å². The number of nitrogens with zero attached hydrogens (tertiary/aromatic N) is 3. The Labute approximate surface area is 147 Å². The smallest absolute Gasteiger partial charge is 0.241 e. The van der Waals surface area contributed by atoms with E-state index in [9.17, 15) is 4.79 Å². The number of aryl methyl sites for hydroxylation is 2. The Morgan fingerprint density at radius 1 is 1.25 bits per heavy atom. The summed E-state index contributed by atoms with van der Waals surface area (Å²) < 4.78 is 0. The van der Waals surface area contributed by atoms with Crippen LogP contribution in [0.15, 0.2) is 29.8 Å². The van der Waals surface area contributed by atoms with Gasteiger partial charge in [0, 0.05) is 43.4 Å². The van der Waals surface area contributed by atoms with Crippen LogP contribution in [0.3, 0.4) is 0 Å². The summed E-state index contributed by atoms with van der Waals surface area (Å²) in [6, 6.07) is 6.00. The third kappa shape index (κ3) is 3.76. The zero-order valence-corrected chi connectivity index (χ0v) is 15.3. The minimum absolute atomic E-state index is 0.0615. The second kappa shape index (κ2) is 7.32. The molecule has 0 spiro atoms. The number of nitrogens with one attached hydrogen (secondary N) is 1. The Hall–Kier alpha value is -1.92. The molecule has 2 aromatic rings. The van der Waals surface area contributed by atoms with E-state index < -0.39 is 0 Å². The molecule has 5 nitrogen and oxygen atoms in total. The van der Waals surface area contributed by atoms with Gasteiger partial charge in [-0.25, -0.2) is 4.98 Å². The van der Waals surface area contributed by atoms with Crippen molar-refractivity contribution in [2.75, 3.05) is 36.4 Å². The lowest BCUT2D eigenvalue weighted by Gasteiger charge is -2.37. The topological polar surface area (TPSA) is 48.5 Å². The molecule has 0 saturated carbocycles. The van der Waals surface area contributed by atoms with Crippen molar-refractivity contribution >= 4 is 28.1 Å². The molecule has 128 valence electrons. The summed E-state index contributed by atoms with van der Waals surface area (Å²) in [4.78, 5) is 21.5. The second-order valence-corrected chi connectivity index (χ2v) is 7.19. The van der Waals surface area contributed by atoms with Crippen molar-refractivity contribution in [2.24, 2.45) is 0 Å². The summed E-state index contributed by atoms with van der Waals surface area (Å²) in [5.74, 6) is 0.0615. The van der Waals surface area contributed by atoms with Gasteiger partial charge in [0.25, 0.3) is 0 Å². The van der Waals surface area contributed by atoms with Gasteiger partial charge in [-0.05, 0) is 38.0 Å². The van der Waals surface area contributed by atoms with Crippen LogP contribution in [0, 0.1) is 13.8 Å². The maximum atomic E-state index is 12.6. The average molecular weight is 344 g/mol. The van der Waals surface area contributed by atoms with Crippen molar-refractivity contribution in [3.63, 3.8) is 0 Å². The molecule has 6 heteroatoms. The predicted molar refractivity (Wildman–Crippen MR) is 99.9 cm³/mol. The number of carbonyl (C=O) groups excluding carboxylic acids is 1. The van der Waals surface area contributed by atoms with E-state index in [4.69, 9.17) is 0 Å². The molecule has 24 heavy (non-hydrogen) atoms. The lowest BCUT2D eigenvalue weighted by molar-refractivity contribution is -0.120. The fourth-order valence-corrected chi connectivity index (χ4v) is 3.64. The van der Waals surface area contributed by atoms with Crippen LogP contribution in [0.25, 0.3) is 0 Å². The van der Waals surface area contributed by atoms with E-state index >= 15 is 0 Å². The molecule has 3 rings (SSSR count). The Morgan fingerprint density at radius 2 is 2.00 bits per heavy atom. The molecular weight excluding hydrogens is 320 g/mol. The first-order valence-electron chi connectivity index (χ1n) is 8.31. The Balaban J connectivity index is 1.57. The molecule has 0 radical (unpaired) electrons. The highest BCUT2D eigenvalue weighted by molar-refractivity contribution is 7.13. The highest BCUT2D eigenvalue weighted by atomic mass is 32.1. The first-order chi connectivity index (χ1) is 11.5. The first-order valence-corrected chi connectivity index (χ1v) is 9.19. The van der Waals surface area contributed by atoms with E-state index in [0.29, 0.717) is 0 Å². The molecule has 1 aliphatic rings. The van der Waals surface area contributed by atoms with Gasteiger partial charge in [-0.15, -0.1) is 11.3 Å². The quantitative estimate of drug-likeness (QED) is 0.926. The fourth-order valence-electron chi connectivity index (χ4n) is 2.95. The highest BCUT2D eigenvalue weighted by Gasteiger charge is 2.26. The number of hydrogen-bond donors (Lipinski definition) is 1. The zero-order valence-electron chi connectivity index (χ0n) is 14.5. The van der Waals surface area contributed by atoms with Crippen LogP contribution in [0.5, 0.6) is 0 Å². The van der Waals surface area contributed by atoms with E-state index in [1.807, 2.05) is 44.5 Å². The summed E-state index contributed by atoms with van der Waals surface area (Å²) in [6.07, 6.45) is 1.84. The van der Waals surface area contributed by atoms with Crippen LogP contribution in [0.2, 0.25) is 0 Å². The molecule has 0 unspecified atom stereocenters. The minimum atomic E-state index is -0.136. The number of carbonyl (C=O) groups is 1. The number of thiazole rings is 1. The standard InChI is InChI=1S/C18H24N4OS/c1-13-4-5-14(2)16(12-13)20-17(23)15(3)21-7-9-22(10-8-21)18-19-6-11-24-18/h4-6,11-12,15H,7-10H2,1-3H3,(H,20,23)/t15-/m1/s1. The van der Waals surface area contributed by atoms with Gasteiger partial charge >= 0.3 is 0 Å². The summed E-state index contributed by atoms with van der Waals surface area (Å²) in [7, 11) is 0. The molecule has 1 amide bonds. The van der Waals surface area contributed by atoms with E-state index in [0.717, 1.165) is 48.1 Å². The monoisotopic (exact) mass is 344 g/mol. The van der Waals surface area contributed by atoms with E-state index in [2.05, 4.69) is 26.2 Å².